The molecule has 0 aliphatic carbocycles. The van der Waals surface area contributed by atoms with E-state index in [1.165, 1.54) is 102 Å². The van der Waals surface area contributed by atoms with Gasteiger partial charge in [0.2, 0.25) is 0 Å². The number of halogens is 1. The van der Waals surface area contributed by atoms with Crippen LogP contribution in [-0.2, 0) is 13.3 Å². The van der Waals surface area contributed by atoms with Crippen LogP contribution in [0.1, 0.15) is 103 Å². The second-order valence-corrected chi connectivity index (χ2v) is 11.3. The van der Waals surface area contributed by atoms with Gasteiger partial charge in [-0.3, -0.25) is 0 Å². The van der Waals surface area contributed by atoms with E-state index in [0.29, 0.717) is 0 Å². The molecule has 5 heteroatoms. The molecule has 0 amide bonds. The summed E-state index contributed by atoms with van der Waals surface area (Å²) in [7, 11) is 2.77. The van der Waals surface area contributed by atoms with Crippen molar-refractivity contribution in [1.82, 2.24) is 0 Å². The van der Waals surface area contributed by atoms with Crippen LogP contribution in [0.5, 0.6) is 0 Å². The van der Waals surface area contributed by atoms with Crippen molar-refractivity contribution < 1.29 is 13.3 Å². The molecule has 0 unspecified atom stereocenters. The molecule has 0 saturated heterocycles. The summed E-state index contributed by atoms with van der Waals surface area (Å²) in [6.07, 6.45) is 22.2. The lowest BCUT2D eigenvalue weighted by molar-refractivity contribution is 0.122. The molecule has 0 saturated carbocycles. The monoisotopic (exact) mass is 452 g/mol. The second-order valence-electron chi connectivity index (χ2n) is 7.39. The van der Waals surface area contributed by atoms with Crippen LogP contribution in [0.4, 0.5) is 0 Å². The predicted octanol–water partition coefficient (Wildman–Crippen LogP) is 7.50. The zero-order valence-corrected chi connectivity index (χ0v) is 20.4. The Kier molecular flexibility index (Phi) is 20.8. The Morgan fingerprint density at radius 1 is 0.462 bits per heavy atom. The lowest BCUT2D eigenvalue weighted by Gasteiger charge is -2.24. The molecule has 0 N–H and O–H groups in total. The van der Waals surface area contributed by atoms with Gasteiger partial charge >= 0.3 is 8.80 Å². The average molecular weight is 454 g/mol. The van der Waals surface area contributed by atoms with Crippen molar-refractivity contribution in [2.45, 2.75) is 109 Å². The van der Waals surface area contributed by atoms with Crippen molar-refractivity contribution in [2.75, 3.05) is 26.7 Å². The van der Waals surface area contributed by atoms with E-state index in [2.05, 4.69) is 15.9 Å². The standard InChI is InChI=1S/C21H45BrO3Si/c1-23-26(24-2,25-3)21-19-17-15-13-11-9-7-5-4-6-8-10-12-14-16-18-20-22/h4-21H2,1-3H3. The van der Waals surface area contributed by atoms with Crippen LogP contribution < -0.4 is 0 Å². The van der Waals surface area contributed by atoms with E-state index in [0.717, 1.165) is 12.5 Å². The van der Waals surface area contributed by atoms with Crippen LogP contribution in [0.15, 0.2) is 0 Å². The molecule has 0 radical (unpaired) electrons. The van der Waals surface area contributed by atoms with Gasteiger partial charge in [0.15, 0.2) is 0 Å². The van der Waals surface area contributed by atoms with Gasteiger partial charge in [-0.25, -0.2) is 0 Å². The zero-order chi connectivity index (χ0) is 19.3. The lowest BCUT2D eigenvalue weighted by atomic mass is 10.0. The quantitative estimate of drug-likeness (QED) is 0.102. The molecular formula is C21H45BrO3Si. The highest BCUT2D eigenvalue weighted by molar-refractivity contribution is 9.09. The average Bonchev–Trinajstić information content (AvgIpc) is 2.68. The van der Waals surface area contributed by atoms with Gasteiger partial charge in [0.05, 0.1) is 0 Å². The van der Waals surface area contributed by atoms with Crippen LogP contribution in [-0.4, -0.2) is 35.5 Å². The van der Waals surface area contributed by atoms with Gasteiger partial charge in [-0.1, -0.05) is 106 Å². The Morgan fingerprint density at radius 2 is 0.731 bits per heavy atom. The molecule has 0 aliphatic heterocycles. The Bertz CT molecular complexity index is 268. The molecule has 0 aromatic rings. The SMILES string of the molecule is CO[Si](CCCCCCCCCCCCCCCCCCBr)(OC)OC. The van der Waals surface area contributed by atoms with Crippen molar-refractivity contribution in [1.29, 1.82) is 0 Å². The van der Waals surface area contributed by atoms with E-state index < -0.39 is 8.80 Å². The largest absolute Gasteiger partial charge is 0.500 e. The summed E-state index contributed by atoms with van der Waals surface area (Å²) in [5.74, 6) is 0. The fraction of sp³-hybridized carbons (Fsp3) is 1.00. The van der Waals surface area contributed by atoms with Gasteiger partial charge in [0, 0.05) is 32.7 Å². The summed E-state index contributed by atoms with van der Waals surface area (Å²) < 4.78 is 16.4. The van der Waals surface area contributed by atoms with E-state index in [1.807, 2.05) is 0 Å². The number of rotatable bonds is 21. The number of alkyl halides is 1. The Morgan fingerprint density at radius 3 is 1.00 bits per heavy atom. The van der Waals surface area contributed by atoms with Crippen LogP contribution in [0.25, 0.3) is 0 Å². The molecule has 0 aromatic carbocycles. The molecule has 0 heterocycles. The minimum Gasteiger partial charge on any atom is -0.377 e. The van der Waals surface area contributed by atoms with Crippen LogP contribution in [0, 0.1) is 0 Å². The summed E-state index contributed by atoms with van der Waals surface area (Å²) in [4.78, 5) is 0. The van der Waals surface area contributed by atoms with Gasteiger partial charge in [-0.2, -0.15) is 0 Å². The minimum absolute atomic E-state index is 0.938. The van der Waals surface area contributed by atoms with Crippen molar-refractivity contribution in [2.24, 2.45) is 0 Å². The van der Waals surface area contributed by atoms with Crippen LogP contribution in [0.2, 0.25) is 6.04 Å². The van der Waals surface area contributed by atoms with Gasteiger partial charge in [0.25, 0.3) is 0 Å². The highest BCUT2D eigenvalue weighted by Crippen LogP contribution is 2.19. The molecule has 26 heavy (non-hydrogen) atoms. The van der Waals surface area contributed by atoms with E-state index >= 15 is 0 Å². The topological polar surface area (TPSA) is 27.7 Å². The third kappa shape index (κ3) is 15.6. The Hall–Kier alpha value is 0.577. The minimum atomic E-state index is -2.33. The summed E-state index contributed by atoms with van der Waals surface area (Å²) in [5, 5.41) is 1.17. The normalized spacial score (nSPS) is 12.0. The second kappa shape index (κ2) is 20.3. The van der Waals surface area contributed by atoms with E-state index in [4.69, 9.17) is 13.3 Å². The summed E-state index contributed by atoms with van der Waals surface area (Å²) in [6.45, 7) is 0. The molecule has 3 nitrogen and oxygen atoms in total. The number of unbranched alkanes of at least 4 members (excludes halogenated alkanes) is 15. The summed E-state index contributed by atoms with van der Waals surface area (Å²) in [6, 6.07) is 0.938. The fourth-order valence-electron chi connectivity index (χ4n) is 3.47. The molecule has 0 spiro atoms. The van der Waals surface area contributed by atoms with Gasteiger partial charge in [-0.05, 0) is 12.8 Å². The number of hydrogen-bond acceptors (Lipinski definition) is 3. The number of hydrogen-bond donors (Lipinski definition) is 0. The van der Waals surface area contributed by atoms with Crippen LogP contribution >= 0.6 is 15.9 Å². The van der Waals surface area contributed by atoms with Crippen molar-refractivity contribution in [3.05, 3.63) is 0 Å². The van der Waals surface area contributed by atoms with Crippen molar-refractivity contribution >= 4 is 24.7 Å². The molecule has 0 bridgehead atoms. The van der Waals surface area contributed by atoms with Crippen molar-refractivity contribution in [3.8, 4) is 0 Å². The first-order valence-corrected chi connectivity index (χ1v) is 14.0. The third-order valence-corrected chi connectivity index (χ3v) is 8.69. The first-order valence-electron chi connectivity index (χ1n) is 11.0. The van der Waals surface area contributed by atoms with Gasteiger partial charge in [-0.15, -0.1) is 0 Å². The Balaban J connectivity index is 3.20. The predicted molar refractivity (Wildman–Crippen MR) is 119 cm³/mol. The van der Waals surface area contributed by atoms with Crippen LogP contribution in [0.3, 0.4) is 0 Å². The highest BCUT2D eigenvalue weighted by atomic mass is 79.9. The maximum Gasteiger partial charge on any atom is 0.500 e. The van der Waals surface area contributed by atoms with E-state index in [1.54, 1.807) is 21.3 Å². The maximum absolute atomic E-state index is 5.46. The molecular weight excluding hydrogens is 408 g/mol. The maximum atomic E-state index is 5.46. The highest BCUT2D eigenvalue weighted by Gasteiger charge is 2.36. The summed E-state index contributed by atoms with van der Waals surface area (Å²) >= 11 is 3.50. The first kappa shape index (κ1) is 26.6. The van der Waals surface area contributed by atoms with Crippen molar-refractivity contribution in [3.63, 3.8) is 0 Å². The van der Waals surface area contributed by atoms with E-state index in [9.17, 15) is 0 Å². The fourth-order valence-corrected chi connectivity index (χ4v) is 5.66. The molecule has 0 rings (SSSR count). The van der Waals surface area contributed by atoms with Gasteiger partial charge in [0.1, 0.15) is 0 Å². The lowest BCUT2D eigenvalue weighted by Crippen LogP contribution is -2.42. The molecule has 0 atom stereocenters. The molecule has 0 fully saturated rings. The first-order chi connectivity index (χ1) is 12.7. The van der Waals surface area contributed by atoms with E-state index in [-0.39, 0.29) is 0 Å². The van der Waals surface area contributed by atoms with Gasteiger partial charge < -0.3 is 13.3 Å². The molecule has 0 aliphatic rings. The third-order valence-electron chi connectivity index (χ3n) is 5.30. The summed E-state index contributed by atoms with van der Waals surface area (Å²) in [5.41, 5.74) is 0. The molecule has 158 valence electrons. The molecule has 0 aromatic heterocycles. The smallest absolute Gasteiger partial charge is 0.377 e. The Labute approximate surface area is 173 Å². The zero-order valence-electron chi connectivity index (χ0n) is 17.8.